The van der Waals surface area contributed by atoms with Crippen molar-refractivity contribution in [3.63, 3.8) is 0 Å². The number of thiazole rings is 1. The van der Waals surface area contributed by atoms with Gasteiger partial charge in [0.1, 0.15) is 0 Å². The van der Waals surface area contributed by atoms with Gasteiger partial charge in [-0.3, -0.25) is 9.78 Å². The minimum absolute atomic E-state index is 0.0581. The van der Waals surface area contributed by atoms with Crippen LogP contribution in [0.1, 0.15) is 20.8 Å². The fourth-order valence-electron chi connectivity index (χ4n) is 1.45. The molecule has 1 aromatic carbocycles. The molecule has 1 aromatic heterocycles. The molecule has 1 heterocycles. The summed E-state index contributed by atoms with van der Waals surface area (Å²) in [5.74, 6) is -0.0581. The molecule has 0 radical (unpaired) electrons. The first-order valence-corrected chi connectivity index (χ1v) is 6.76. The Morgan fingerprint density at radius 1 is 1.53 bits per heavy atom. The molecule has 0 saturated carbocycles. The maximum atomic E-state index is 12.0. The predicted molar refractivity (Wildman–Crippen MR) is 72.2 cm³/mol. The summed E-state index contributed by atoms with van der Waals surface area (Å²) in [4.78, 5) is 17.0. The smallest absolute Gasteiger partial charge is 0.251 e. The second kappa shape index (κ2) is 5.42. The third-order valence-electron chi connectivity index (χ3n) is 2.42. The number of carbonyl (C=O) groups is 1. The van der Waals surface area contributed by atoms with Gasteiger partial charge in [0.15, 0.2) is 0 Å². The Balaban J connectivity index is 2.07. The van der Waals surface area contributed by atoms with Crippen molar-refractivity contribution in [2.45, 2.75) is 13.5 Å². The number of rotatable bonds is 3. The molecule has 0 atom stereocenters. The van der Waals surface area contributed by atoms with Crippen LogP contribution in [0.3, 0.4) is 0 Å². The summed E-state index contributed by atoms with van der Waals surface area (Å²) in [7, 11) is 0. The molecule has 17 heavy (non-hydrogen) atoms. The van der Waals surface area contributed by atoms with Crippen LogP contribution in [0.4, 0.5) is 0 Å². The quantitative estimate of drug-likeness (QED) is 0.946. The van der Waals surface area contributed by atoms with E-state index in [1.165, 1.54) is 11.3 Å². The number of amides is 1. The lowest BCUT2D eigenvalue weighted by Gasteiger charge is -2.07. The van der Waals surface area contributed by atoms with Crippen LogP contribution >= 0.6 is 27.3 Å². The number of hydrogen-bond acceptors (Lipinski definition) is 3. The van der Waals surface area contributed by atoms with Crippen molar-refractivity contribution < 1.29 is 4.79 Å². The normalized spacial score (nSPS) is 10.2. The van der Waals surface area contributed by atoms with Gasteiger partial charge in [0.05, 0.1) is 12.1 Å². The molecule has 0 saturated heterocycles. The summed E-state index contributed by atoms with van der Waals surface area (Å²) < 4.78 is 0.947. The Labute approximate surface area is 112 Å². The molecule has 1 amide bonds. The summed E-state index contributed by atoms with van der Waals surface area (Å²) in [6, 6.07) is 5.61. The molecule has 0 bridgehead atoms. The zero-order valence-corrected chi connectivity index (χ0v) is 11.6. The SMILES string of the molecule is Cc1c(Br)cccc1C(=O)NCc1cncs1. The van der Waals surface area contributed by atoms with Crippen molar-refractivity contribution in [3.8, 4) is 0 Å². The summed E-state index contributed by atoms with van der Waals surface area (Å²) in [5, 5.41) is 2.88. The molecule has 0 aliphatic carbocycles. The average molecular weight is 311 g/mol. The van der Waals surface area contributed by atoms with Crippen molar-refractivity contribution in [2.24, 2.45) is 0 Å². The topological polar surface area (TPSA) is 42.0 Å². The molecular formula is C12H11BrN2OS. The van der Waals surface area contributed by atoms with E-state index in [1.807, 2.05) is 25.1 Å². The van der Waals surface area contributed by atoms with Crippen LogP contribution in [-0.2, 0) is 6.54 Å². The van der Waals surface area contributed by atoms with Gasteiger partial charge in [-0.1, -0.05) is 22.0 Å². The lowest BCUT2D eigenvalue weighted by molar-refractivity contribution is 0.0950. The molecule has 5 heteroatoms. The van der Waals surface area contributed by atoms with E-state index in [2.05, 4.69) is 26.2 Å². The Morgan fingerprint density at radius 3 is 3.06 bits per heavy atom. The lowest BCUT2D eigenvalue weighted by atomic mass is 10.1. The van der Waals surface area contributed by atoms with Gasteiger partial charge in [-0.25, -0.2) is 0 Å². The molecule has 0 spiro atoms. The van der Waals surface area contributed by atoms with Gasteiger partial charge < -0.3 is 5.32 Å². The first-order valence-electron chi connectivity index (χ1n) is 5.09. The van der Waals surface area contributed by atoms with Crippen LogP contribution in [0.2, 0.25) is 0 Å². The summed E-state index contributed by atoms with van der Waals surface area (Å²) >= 11 is 4.95. The monoisotopic (exact) mass is 310 g/mol. The number of carbonyl (C=O) groups excluding carboxylic acids is 1. The van der Waals surface area contributed by atoms with E-state index in [4.69, 9.17) is 0 Å². The molecule has 0 fully saturated rings. The molecule has 3 nitrogen and oxygen atoms in total. The number of halogens is 1. The third-order valence-corrected chi connectivity index (χ3v) is 4.06. The van der Waals surface area contributed by atoms with Crippen LogP contribution in [0.5, 0.6) is 0 Å². The van der Waals surface area contributed by atoms with Gasteiger partial charge in [-0.15, -0.1) is 11.3 Å². The van der Waals surface area contributed by atoms with Gasteiger partial charge in [-0.2, -0.15) is 0 Å². The second-order valence-electron chi connectivity index (χ2n) is 3.56. The van der Waals surface area contributed by atoms with Gasteiger partial charge in [0.2, 0.25) is 0 Å². The Kier molecular flexibility index (Phi) is 3.91. The van der Waals surface area contributed by atoms with E-state index in [-0.39, 0.29) is 5.91 Å². The second-order valence-corrected chi connectivity index (χ2v) is 5.39. The summed E-state index contributed by atoms with van der Waals surface area (Å²) in [5.41, 5.74) is 3.41. The van der Waals surface area contributed by atoms with E-state index in [0.717, 1.165) is 14.9 Å². The van der Waals surface area contributed by atoms with E-state index in [9.17, 15) is 4.79 Å². The van der Waals surface area contributed by atoms with Gasteiger partial charge >= 0.3 is 0 Å². The van der Waals surface area contributed by atoms with Crippen LogP contribution in [0, 0.1) is 6.92 Å². The van der Waals surface area contributed by atoms with Crippen molar-refractivity contribution in [3.05, 3.63) is 50.4 Å². The van der Waals surface area contributed by atoms with Crippen molar-refractivity contribution >= 4 is 33.2 Å². The first-order chi connectivity index (χ1) is 8.18. The Bertz CT molecular complexity index is 525. The highest BCUT2D eigenvalue weighted by molar-refractivity contribution is 9.10. The van der Waals surface area contributed by atoms with Gasteiger partial charge in [-0.05, 0) is 24.6 Å². The molecule has 0 aliphatic heterocycles. The van der Waals surface area contributed by atoms with Crippen LogP contribution < -0.4 is 5.32 Å². The number of benzene rings is 1. The zero-order chi connectivity index (χ0) is 12.3. The van der Waals surface area contributed by atoms with E-state index in [1.54, 1.807) is 11.7 Å². The van der Waals surface area contributed by atoms with Crippen LogP contribution in [-0.4, -0.2) is 10.9 Å². The molecule has 0 aliphatic rings. The third kappa shape index (κ3) is 2.92. The summed E-state index contributed by atoms with van der Waals surface area (Å²) in [6.07, 6.45) is 1.76. The average Bonchev–Trinajstić information content (AvgIpc) is 2.82. The summed E-state index contributed by atoms with van der Waals surface area (Å²) in [6.45, 7) is 2.45. The number of hydrogen-bond donors (Lipinski definition) is 1. The highest BCUT2D eigenvalue weighted by Gasteiger charge is 2.10. The zero-order valence-electron chi connectivity index (χ0n) is 9.24. The fourth-order valence-corrected chi connectivity index (χ4v) is 2.35. The maximum absolute atomic E-state index is 12.0. The molecule has 1 N–H and O–H groups in total. The minimum atomic E-state index is -0.0581. The van der Waals surface area contributed by atoms with Gasteiger partial charge in [0.25, 0.3) is 5.91 Å². The number of aromatic nitrogens is 1. The first kappa shape index (κ1) is 12.3. The standard InChI is InChI=1S/C12H11BrN2OS/c1-8-10(3-2-4-11(8)13)12(16)15-6-9-5-14-7-17-9/h2-5,7H,6H2,1H3,(H,15,16). The predicted octanol–water partition coefficient (Wildman–Crippen LogP) is 3.14. The van der Waals surface area contributed by atoms with E-state index >= 15 is 0 Å². The molecule has 0 unspecified atom stereocenters. The highest BCUT2D eigenvalue weighted by Crippen LogP contribution is 2.19. The highest BCUT2D eigenvalue weighted by atomic mass is 79.9. The lowest BCUT2D eigenvalue weighted by Crippen LogP contribution is -2.23. The van der Waals surface area contributed by atoms with Crippen molar-refractivity contribution in [2.75, 3.05) is 0 Å². The van der Waals surface area contributed by atoms with Crippen molar-refractivity contribution in [1.29, 1.82) is 0 Å². The molecule has 2 aromatic rings. The Hall–Kier alpha value is -1.20. The van der Waals surface area contributed by atoms with E-state index < -0.39 is 0 Å². The fraction of sp³-hybridized carbons (Fsp3) is 0.167. The maximum Gasteiger partial charge on any atom is 0.251 e. The molecule has 2 rings (SSSR count). The largest absolute Gasteiger partial charge is 0.347 e. The number of nitrogens with one attached hydrogen (secondary N) is 1. The molecular weight excluding hydrogens is 300 g/mol. The van der Waals surface area contributed by atoms with Crippen molar-refractivity contribution in [1.82, 2.24) is 10.3 Å². The minimum Gasteiger partial charge on any atom is -0.347 e. The number of nitrogens with zero attached hydrogens (tertiary/aromatic N) is 1. The van der Waals surface area contributed by atoms with Crippen LogP contribution in [0.25, 0.3) is 0 Å². The van der Waals surface area contributed by atoms with Gasteiger partial charge in [0, 0.05) is 21.1 Å². The Morgan fingerprint density at radius 2 is 2.35 bits per heavy atom. The van der Waals surface area contributed by atoms with E-state index in [0.29, 0.717) is 12.1 Å². The molecule has 88 valence electrons. The van der Waals surface area contributed by atoms with Crippen LogP contribution in [0.15, 0.2) is 34.4 Å².